The SMILES string of the molecule is O=C1COC2(CCN(S(=O)(=O)C3CC3)CC2)CN1Cc1ccccn1. The highest BCUT2D eigenvalue weighted by Gasteiger charge is 2.47. The van der Waals surface area contributed by atoms with Crippen LogP contribution < -0.4 is 0 Å². The molecule has 3 fully saturated rings. The molecule has 4 rings (SSSR count). The molecule has 0 atom stereocenters. The fraction of sp³-hybridized carbons (Fsp3) is 0.647. The summed E-state index contributed by atoms with van der Waals surface area (Å²) < 4.78 is 32.3. The molecule has 0 N–H and O–H groups in total. The number of rotatable bonds is 4. The number of ether oxygens (including phenoxy) is 1. The van der Waals surface area contributed by atoms with E-state index in [0.29, 0.717) is 39.0 Å². The van der Waals surface area contributed by atoms with Gasteiger partial charge < -0.3 is 9.64 Å². The Morgan fingerprint density at radius 3 is 2.64 bits per heavy atom. The summed E-state index contributed by atoms with van der Waals surface area (Å²) in [5.41, 5.74) is 0.416. The Morgan fingerprint density at radius 2 is 2.00 bits per heavy atom. The summed E-state index contributed by atoms with van der Waals surface area (Å²) >= 11 is 0. The van der Waals surface area contributed by atoms with Gasteiger partial charge in [-0.05, 0) is 37.8 Å². The molecule has 7 nitrogen and oxygen atoms in total. The molecule has 2 saturated heterocycles. The van der Waals surface area contributed by atoms with Crippen LogP contribution in [0.4, 0.5) is 0 Å². The maximum atomic E-state index is 12.4. The number of hydrogen-bond donors (Lipinski definition) is 0. The van der Waals surface area contributed by atoms with Crippen molar-refractivity contribution in [3.8, 4) is 0 Å². The molecule has 1 aromatic rings. The van der Waals surface area contributed by atoms with Crippen molar-refractivity contribution < 1.29 is 17.9 Å². The van der Waals surface area contributed by atoms with Gasteiger partial charge in [0.1, 0.15) is 6.61 Å². The fourth-order valence-electron chi connectivity index (χ4n) is 3.65. The van der Waals surface area contributed by atoms with Crippen molar-refractivity contribution in [2.24, 2.45) is 0 Å². The molecule has 0 radical (unpaired) electrons. The van der Waals surface area contributed by atoms with Gasteiger partial charge in [-0.15, -0.1) is 0 Å². The third-order valence-corrected chi connectivity index (χ3v) is 7.75. The molecular weight excluding hydrogens is 342 g/mol. The highest BCUT2D eigenvalue weighted by molar-refractivity contribution is 7.90. The summed E-state index contributed by atoms with van der Waals surface area (Å²) in [7, 11) is -3.13. The van der Waals surface area contributed by atoms with Crippen LogP contribution in [0.5, 0.6) is 0 Å². The topological polar surface area (TPSA) is 79.8 Å². The van der Waals surface area contributed by atoms with Gasteiger partial charge >= 0.3 is 0 Å². The molecule has 3 aliphatic rings. The number of amides is 1. The van der Waals surface area contributed by atoms with Crippen molar-refractivity contribution in [3.63, 3.8) is 0 Å². The summed E-state index contributed by atoms with van der Waals surface area (Å²) in [6.45, 7) is 1.98. The Labute approximate surface area is 148 Å². The van der Waals surface area contributed by atoms with Gasteiger partial charge in [0.05, 0.1) is 29.6 Å². The lowest BCUT2D eigenvalue weighted by Crippen LogP contribution is -2.59. The highest BCUT2D eigenvalue weighted by Crippen LogP contribution is 2.36. The van der Waals surface area contributed by atoms with Crippen LogP contribution in [0.25, 0.3) is 0 Å². The first-order chi connectivity index (χ1) is 12.0. The fourth-order valence-corrected chi connectivity index (χ4v) is 5.49. The van der Waals surface area contributed by atoms with Crippen molar-refractivity contribution in [3.05, 3.63) is 30.1 Å². The minimum Gasteiger partial charge on any atom is -0.363 e. The van der Waals surface area contributed by atoms with E-state index < -0.39 is 15.6 Å². The van der Waals surface area contributed by atoms with Crippen molar-refractivity contribution >= 4 is 15.9 Å². The van der Waals surface area contributed by atoms with Gasteiger partial charge in [0, 0.05) is 19.3 Å². The number of piperidine rings is 1. The quantitative estimate of drug-likeness (QED) is 0.787. The lowest BCUT2D eigenvalue weighted by atomic mass is 9.90. The van der Waals surface area contributed by atoms with Gasteiger partial charge in [0.15, 0.2) is 0 Å². The van der Waals surface area contributed by atoms with Gasteiger partial charge in [0.2, 0.25) is 15.9 Å². The van der Waals surface area contributed by atoms with E-state index in [1.807, 2.05) is 18.2 Å². The molecule has 25 heavy (non-hydrogen) atoms. The summed E-state index contributed by atoms with van der Waals surface area (Å²) in [6.07, 6.45) is 4.55. The van der Waals surface area contributed by atoms with Crippen LogP contribution in [-0.2, 0) is 26.1 Å². The molecule has 0 unspecified atom stereocenters. The molecule has 1 saturated carbocycles. The number of carbonyl (C=O) groups is 1. The van der Waals surface area contributed by atoms with Gasteiger partial charge in [-0.25, -0.2) is 12.7 Å². The molecule has 1 spiro atoms. The van der Waals surface area contributed by atoms with Gasteiger partial charge in [-0.1, -0.05) is 6.07 Å². The van der Waals surface area contributed by atoms with Crippen LogP contribution in [0.15, 0.2) is 24.4 Å². The predicted molar refractivity (Wildman–Crippen MR) is 91.1 cm³/mol. The molecule has 0 bridgehead atoms. The number of carbonyl (C=O) groups excluding carboxylic acids is 1. The zero-order valence-electron chi connectivity index (χ0n) is 14.1. The lowest BCUT2D eigenvalue weighted by Gasteiger charge is -2.46. The molecule has 1 amide bonds. The van der Waals surface area contributed by atoms with Crippen LogP contribution in [0.3, 0.4) is 0 Å². The zero-order valence-corrected chi connectivity index (χ0v) is 15.0. The number of morpholine rings is 1. The molecule has 136 valence electrons. The molecular formula is C17H23N3O4S. The van der Waals surface area contributed by atoms with Crippen molar-refractivity contribution in [1.82, 2.24) is 14.2 Å². The van der Waals surface area contributed by atoms with Crippen LogP contribution in [-0.4, -0.2) is 65.6 Å². The maximum absolute atomic E-state index is 12.4. The molecule has 3 heterocycles. The third kappa shape index (κ3) is 3.43. The second-order valence-electron chi connectivity index (χ2n) is 7.19. The van der Waals surface area contributed by atoms with Crippen LogP contribution in [0.2, 0.25) is 0 Å². The second-order valence-corrected chi connectivity index (χ2v) is 9.40. The van der Waals surface area contributed by atoms with Crippen LogP contribution in [0, 0.1) is 0 Å². The summed E-state index contributed by atoms with van der Waals surface area (Å²) in [6, 6.07) is 5.66. The van der Waals surface area contributed by atoms with Crippen molar-refractivity contribution in [2.75, 3.05) is 26.2 Å². The van der Waals surface area contributed by atoms with Crippen LogP contribution in [0.1, 0.15) is 31.4 Å². The third-order valence-electron chi connectivity index (χ3n) is 5.35. The Hall–Kier alpha value is -1.51. The maximum Gasteiger partial charge on any atom is 0.249 e. The number of hydrogen-bond acceptors (Lipinski definition) is 5. The van der Waals surface area contributed by atoms with E-state index in [1.165, 1.54) is 0 Å². The minimum atomic E-state index is -3.13. The normalized spacial score (nSPS) is 24.6. The Bertz CT molecular complexity index is 740. The van der Waals surface area contributed by atoms with E-state index in [0.717, 1.165) is 18.5 Å². The van der Waals surface area contributed by atoms with E-state index in [-0.39, 0.29) is 17.8 Å². The van der Waals surface area contributed by atoms with E-state index in [9.17, 15) is 13.2 Å². The van der Waals surface area contributed by atoms with Crippen molar-refractivity contribution in [2.45, 2.75) is 43.1 Å². The summed E-state index contributed by atoms with van der Waals surface area (Å²) in [5.74, 6) is -0.0377. The number of pyridine rings is 1. The highest BCUT2D eigenvalue weighted by atomic mass is 32.2. The second kappa shape index (κ2) is 6.34. The van der Waals surface area contributed by atoms with E-state index in [2.05, 4.69) is 4.98 Å². The van der Waals surface area contributed by atoms with Gasteiger partial charge in [-0.3, -0.25) is 9.78 Å². The number of sulfonamides is 1. The van der Waals surface area contributed by atoms with Gasteiger partial charge in [-0.2, -0.15) is 0 Å². The smallest absolute Gasteiger partial charge is 0.249 e. The van der Waals surface area contributed by atoms with E-state index in [1.54, 1.807) is 15.4 Å². The Morgan fingerprint density at radius 1 is 1.24 bits per heavy atom. The first-order valence-electron chi connectivity index (χ1n) is 8.79. The largest absolute Gasteiger partial charge is 0.363 e. The monoisotopic (exact) mass is 365 g/mol. The number of nitrogens with zero attached hydrogens (tertiary/aromatic N) is 3. The first kappa shape index (κ1) is 16.9. The molecule has 0 aromatic carbocycles. The van der Waals surface area contributed by atoms with Crippen LogP contribution >= 0.6 is 0 Å². The Kier molecular flexibility index (Phi) is 4.29. The zero-order chi connectivity index (χ0) is 17.5. The van der Waals surface area contributed by atoms with E-state index in [4.69, 9.17) is 4.74 Å². The predicted octanol–water partition coefficient (Wildman–Crippen LogP) is 0.767. The summed E-state index contributed by atoms with van der Waals surface area (Å²) in [5, 5.41) is -0.170. The number of aromatic nitrogens is 1. The average molecular weight is 365 g/mol. The first-order valence-corrected chi connectivity index (χ1v) is 10.3. The minimum absolute atomic E-state index is 0.0377. The average Bonchev–Trinajstić information content (AvgIpc) is 3.45. The summed E-state index contributed by atoms with van der Waals surface area (Å²) in [4.78, 5) is 18.3. The molecule has 2 aliphatic heterocycles. The molecule has 1 aliphatic carbocycles. The van der Waals surface area contributed by atoms with E-state index >= 15 is 0 Å². The molecule has 8 heteroatoms. The molecule has 1 aromatic heterocycles. The standard InChI is InChI=1S/C17H23N3O4S/c21-16-12-24-17(13-19(16)11-14-3-1-2-8-18-14)6-9-20(10-7-17)25(22,23)15-4-5-15/h1-3,8,15H,4-7,9-13H2. The lowest BCUT2D eigenvalue weighted by molar-refractivity contribution is -0.170. The Balaban J connectivity index is 1.42. The van der Waals surface area contributed by atoms with Crippen molar-refractivity contribution in [1.29, 1.82) is 0 Å². The van der Waals surface area contributed by atoms with Gasteiger partial charge in [0.25, 0.3) is 0 Å².